The molecule has 1 N–H and O–H groups in total. The summed E-state index contributed by atoms with van der Waals surface area (Å²) >= 11 is 0. The Morgan fingerprint density at radius 1 is 0.906 bits per heavy atom. The van der Waals surface area contributed by atoms with Gasteiger partial charge >= 0.3 is 5.97 Å². The third-order valence-electron chi connectivity index (χ3n) is 6.35. The molecule has 2 aliphatic heterocycles. The van der Waals surface area contributed by atoms with Gasteiger partial charge in [0.1, 0.15) is 11.6 Å². The second-order valence-corrected chi connectivity index (χ2v) is 8.39. The van der Waals surface area contributed by atoms with E-state index in [9.17, 15) is 9.90 Å². The van der Waals surface area contributed by atoms with Gasteiger partial charge in [-0.25, -0.2) is 19.9 Å². The van der Waals surface area contributed by atoms with Crippen molar-refractivity contribution in [1.29, 1.82) is 0 Å². The Kier molecular flexibility index (Phi) is 5.81. The van der Waals surface area contributed by atoms with Crippen LogP contribution in [-0.2, 0) is 11.3 Å². The van der Waals surface area contributed by atoms with Crippen molar-refractivity contribution in [2.24, 2.45) is 5.92 Å². The fourth-order valence-electron chi connectivity index (χ4n) is 4.52. The molecule has 0 aliphatic carbocycles. The van der Waals surface area contributed by atoms with Gasteiger partial charge in [0.15, 0.2) is 0 Å². The van der Waals surface area contributed by atoms with Crippen LogP contribution in [0.3, 0.4) is 0 Å². The number of aliphatic carboxylic acids is 1. The first-order valence-corrected chi connectivity index (χ1v) is 11.1. The maximum atomic E-state index is 11.3. The lowest BCUT2D eigenvalue weighted by molar-refractivity contribution is -0.142. The number of aromatic nitrogens is 4. The molecule has 0 bridgehead atoms. The smallest absolute Gasteiger partial charge is 0.306 e. The molecule has 32 heavy (non-hydrogen) atoms. The summed E-state index contributed by atoms with van der Waals surface area (Å²) in [6.45, 7) is 5.62. The van der Waals surface area contributed by atoms with Gasteiger partial charge in [-0.1, -0.05) is 12.1 Å². The first kappa shape index (κ1) is 20.6. The number of rotatable bonds is 5. The fraction of sp³-hybridized carbons (Fsp3) is 0.435. The number of carboxylic acids is 1. The molecule has 9 nitrogen and oxygen atoms in total. The van der Waals surface area contributed by atoms with Crippen LogP contribution in [-0.4, -0.2) is 75.2 Å². The van der Waals surface area contributed by atoms with E-state index in [-0.39, 0.29) is 5.92 Å². The minimum Gasteiger partial charge on any atom is -0.481 e. The van der Waals surface area contributed by atoms with Gasteiger partial charge in [-0.15, -0.1) is 0 Å². The highest BCUT2D eigenvalue weighted by molar-refractivity contribution is 5.89. The van der Waals surface area contributed by atoms with Crippen LogP contribution < -0.4 is 9.80 Å². The maximum Gasteiger partial charge on any atom is 0.306 e. The molecule has 2 fully saturated rings. The van der Waals surface area contributed by atoms with Crippen LogP contribution >= 0.6 is 0 Å². The van der Waals surface area contributed by atoms with Gasteiger partial charge in [-0.2, -0.15) is 0 Å². The van der Waals surface area contributed by atoms with Crippen molar-refractivity contribution in [1.82, 2.24) is 24.8 Å². The second-order valence-electron chi connectivity index (χ2n) is 8.39. The molecule has 0 spiro atoms. The first-order chi connectivity index (χ1) is 15.7. The van der Waals surface area contributed by atoms with E-state index in [1.807, 2.05) is 24.3 Å². The number of fused-ring (bicyclic) bond motifs is 1. The van der Waals surface area contributed by atoms with Crippen molar-refractivity contribution in [3.8, 4) is 0 Å². The fourth-order valence-corrected chi connectivity index (χ4v) is 4.52. The van der Waals surface area contributed by atoms with Crippen LogP contribution in [0.5, 0.6) is 0 Å². The van der Waals surface area contributed by atoms with Gasteiger partial charge < -0.3 is 14.9 Å². The highest BCUT2D eigenvalue weighted by atomic mass is 16.4. The molecule has 5 rings (SSSR count). The summed E-state index contributed by atoms with van der Waals surface area (Å²) in [4.78, 5) is 36.6. The molecule has 0 saturated carbocycles. The second kappa shape index (κ2) is 9.04. The van der Waals surface area contributed by atoms with E-state index in [0.717, 1.165) is 54.7 Å². The Balaban J connectivity index is 1.31. The number of anilines is 2. The van der Waals surface area contributed by atoms with Crippen molar-refractivity contribution < 1.29 is 9.90 Å². The highest BCUT2D eigenvalue weighted by Crippen LogP contribution is 2.28. The highest BCUT2D eigenvalue weighted by Gasteiger charge is 2.27. The van der Waals surface area contributed by atoms with Crippen LogP contribution in [0, 0.1) is 5.92 Å². The Morgan fingerprint density at radius 3 is 2.34 bits per heavy atom. The molecule has 1 aromatic carbocycles. The van der Waals surface area contributed by atoms with E-state index < -0.39 is 5.97 Å². The average molecular weight is 434 g/mol. The molecule has 0 radical (unpaired) electrons. The summed E-state index contributed by atoms with van der Waals surface area (Å²) in [5, 5.41) is 10.3. The third-order valence-corrected chi connectivity index (χ3v) is 6.35. The normalized spacial score (nSPS) is 18.2. The zero-order chi connectivity index (χ0) is 21.9. The summed E-state index contributed by atoms with van der Waals surface area (Å²) in [5.41, 5.74) is 0.934. The zero-order valence-corrected chi connectivity index (χ0v) is 18.0. The zero-order valence-electron chi connectivity index (χ0n) is 18.0. The Labute approximate surface area is 186 Å². The number of hydrogen-bond donors (Lipinski definition) is 1. The largest absolute Gasteiger partial charge is 0.481 e. The Hall–Kier alpha value is -3.33. The number of nitrogens with zero attached hydrogens (tertiary/aromatic N) is 7. The molecule has 0 atom stereocenters. The summed E-state index contributed by atoms with van der Waals surface area (Å²) < 4.78 is 0. The minimum absolute atomic E-state index is 0.260. The summed E-state index contributed by atoms with van der Waals surface area (Å²) in [6, 6.07) is 9.91. The number of hydrogen-bond acceptors (Lipinski definition) is 8. The van der Waals surface area contributed by atoms with Crippen LogP contribution in [0.25, 0.3) is 10.9 Å². The third kappa shape index (κ3) is 4.34. The van der Waals surface area contributed by atoms with Gasteiger partial charge in [0.25, 0.3) is 0 Å². The van der Waals surface area contributed by atoms with Gasteiger partial charge in [0.05, 0.1) is 18.0 Å². The molecule has 2 aliphatic rings. The Bertz CT molecular complexity index is 1080. The van der Waals surface area contributed by atoms with E-state index in [1.54, 1.807) is 12.4 Å². The topological polar surface area (TPSA) is 98.6 Å². The molecular formula is C23H27N7O2. The first-order valence-electron chi connectivity index (χ1n) is 11.1. The molecule has 9 heteroatoms. The van der Waals surface area contributed by atoms with Crippen molar-refractivity contribution >= 4 is 28.6 Å². The molecule has 0 unspecified atom stereocenters. The van der Waals surface area contributed by atoms with Crippen LogP contribution in [0.1, 0.15) is 18.7 Å². The predicted octanol–water partition coefficient (Wildman–Crippen LogP) is 2.04. The molecule has 0 amide bonds. The predicted molar refractivity (Wildman–Crippen MR) is 122 cm³/mol. The van der Waals surface area contributed by atoms with E-state index in [4.69, 9.17) is 9.97 Å². The average Bonchev–Trinajstić information content (AvgIpc) is 2.84. The van der Waals surface area contributed by atoms with Gasteiger partial charge in [0.2, 0.25) is 5.95 Å². The van der Waals surface area contributed by atoms with Crippen LogP contribution in [0.15, 0.2) is 42.7 Å². The number of carbonyl (C=O) groups is 1. The number of piperidine rings is 1. The SMILES string of the molecule is O=C(O)C1CCN(c2nc(CN3CCN(c4ncccn4)CC3)nc3ccccc23)CC1. The Morgan fingerprint density at radius 2 is 1.62 bits per heavy atom. The van der Waals surface area contributed by atoms with Gasteiger partial charge in [-0.3, -0.25) is 9.69 Å². The summed E-state index contributed by atoms with van der Waals surface area (Å²) in [7, 11) is 0. The van der Waals surface area contributed by atoms with Crippen molar-refractivity contribution in [2.75, 3.05) is 49.1 Å². The van der Waals surface area contributed by atoms with Gasteiger partial charge in [0, 0.05) is 57.0 Å². The standard InChI is InChI=1S/C23H27N7O2/c31-22(32)17-6-10-29(11-7-17)21-18-4-1-2-5-19(18)26-20(27-21)16-28-12-14-30(15-13-28)23-24-8-3-9-25-23/h1-5,8-9,17H,6-7,10-16H2,(H,31,32). The summed E-state index contributed by atoms with van der Waals surface area (Å²) in [6.07, 6.45) is 4.84. The lowest BCUT2D eigenvalue weighted by atomic mass is 9.97. The van der Waals surface area contributed by atoms with Crippen molar-refractivity contribution in [2.45, 2.75) is 19.4 Å². The molecule has 3 aromatic rings. The quantitative estimate of drug-likeness (QED) is 0.648. The van der Waals surface area contributed by atoms with Gasteiger partial charge in [-0.05, 0) is 31.0 Å². The van der Waals surface area contributed by atoms with E-state index in [2.05, 4.69) is 30.7 Å². The lowest BCUT2D eigenvalue weighted by Gasteiger charge is -2.34. The molecule has 2 saturated heterocycles. The number of piperazine rings is 1. The minimum atomic E-state index is -0.696. The molecule has 166 valence electrons. The lowest BCUT2D eigenvalue weighted by Crippen LogP contribution is -2.46. The van der Waals surface area contributed by atoms with E-state index >= 15 is 0 Å². The van der Waals surface area contributed by atoms with Crippen molar-refractivity contribution in [3.05, 3.63) is 48.5 Å². The van der Waals surface area contributed by atoms with Crippen LogP contribution in [0.4, 0.5) is 11.8 Å². The van der Waals surface area contributed by atoms with Crippen molar-refractivity contribution in [3.63, 3.8) is 0 Å². The van der Waals surface area contributed by atoms with E-state index in [0.29, 0.717) is 32.5 Å². The monoisotopic (exact) mass is 433 g/mol. The van der Waals surface area contributed by atoms with E-state index in [1.165, 1.54) is 0 Å². The van der Waals surface area contributed by atoms with Crippen LogP contribution in [0.2, 0.25) is 0 Å². The maximum absolute atomic E-state index is 11.3. The number of para-hydroxylation sites is 1. The summed E-state index contributed by atoms with van der Waals surface area (Å²) in [5.74, 6) is 1.55. The molecular weight excluding hydrogens is 406 g/mol. The molecule has 4 heterocycles. The molecule has 2 aromatic heterocycles. The number of carboxylic acid groups (broad SMARTS) is 1. The number of benzene rings is 1.